The summed E-state index contributed by atoms with van der Waals surface area (Å²) in [6, 6.07) is 0. The highest BCUT2D eigenvalue weighted by atomic mass is 32.2. The van der Waals surface area contributed by atoms with Crippen LogP contribution >= 0.6 is 0 Å². The van der Waals surface area contributed by atoms with Gasteiger partial charge in [0.25, 0.3) is 10.1 Å². The van der Waals surface area contributed by atoms with Crippen LogP contribution in [0.15, 0.2) is 0 Å². The first kappa shape index (κ1) is 18.6. The Morgan fingerprint density at radius 3 is 2.60 bits per heavy atom. The molecule has 0 N–H and O–H groups in total. The van der Waals surface area contributed by atoms with Crippen molar-refractivity contribution in [3.63, 3.8) is 0 Å². The van der Waals surface area contributed by atoms with E-state index in [1.54, 1.807) is 13.8 Å². The molecular formula is C16H24O8S. The van der Waals surface area contributed by atoms with Crippen molar-refractivity contribution < 1.29 is 36.4 Å². The lowest BCUT2D eigenvalue weighted by molar-refractivity contribution is -0.178. The molecule has 3 fully saturated rings. The van der Waals surface area contributed by atoms with E-state index in [0.29, 0.717) is 12.8 Å². The Balaban J connectivity index is 1.41. The van der Waals surface area contributed by atoms with Gasteiger partial charge in [0.2, 0.25) is 0 Å². The average Bonchev–Trinajstić information content (AvgIpc) is 3.16. The lowest BCUT2D eigenvalue weighted by Gasteiger charge is -2.24. The van der Waals surface area contributed by atoms with Gasteiger partial charge in [-0.25, -0.2) is 4.79 Å². The third-order valence-electron chi connectivity index (χ3n) is 5.65. The largest absolute Gasteiger partial charge is 0.453 e. The summed E-state index contributed by atoms with van der Waals surface area (Å²) in [4.78, 5) is 23.4. The Morgan fingerprint density at radius 2 is 1.92 bits per heavy atom. The van der Waals surface area contributed by atoms with E-state index >= 15 is 0 Å². The molecule has 2 saturated carbocycles. The summed E-state index contributed by atoms with van der Waals surface area (Å²) in [6.07, 6.45) is 1.03. The number of esters is 2. The minimum atomic E-state index is -3.49. The quantitative estimate of drug-likeness (QED) is 0.368. The number of carbonyl (C=O) groups excluding carboxylic acids is 2. The molecule has 2 bridgehead atoms. The lowest BCUT2D eigenvalue weighted by atomic mass is 9.91. The zero-order valence-electron chi connectivity index (χ0n) is 14.6. The number of fused-ring (bicyclic) bond motifs is 1. The second kappa shape index (κ2) is 6.51. The van der Waals surface area contributed by atoms with Gasteiger partial charge < -0.3 is 14.2 Å². The van der Waals surface area contributed by atoms with Crippen LogP contribution in [0, 0.1) is 17.3 Å². The molecule has 1 aliphatic heterocycles. The van der Waals surface area contributed by atoms with E-state index in [-0.39, 0.29) is 24.7 Å². The van der Waals surface area contributed by atoms with E-state index < -0.39 is 45.4 Å². The van der Waals surface area contributed by atoms with Crippen LogP contribution in [0.4, 0.5) is 0 Å². The van der Waals surface area contributed by atoms with Crippen LogP contribution in [0.2, 0.25) is 0 Å². The van der Waals surface area contributed by atoms with Crippen LogP contribution in [0.25, 0.3) is 0 Å². The highest BCUT2D eigenvalue weighted by molar-refractivity contribution is 7.87. The molecule has 9 heteroatoms. The van der Waals surface area contributed by atoms with Crippen LogP contribution in [-0.2, 0) is 38.1 Å². The maximum atomic E-state index is 11.9. The summed E-state index contributed by atoms with van der Waals surface area (Å²) in [5.74, 6) is -1.08. The predicted molar refractivity (Wildman–Crippen MR) is 84.7 cm³/mol. The summed E-state index contributed by atoms with van der Waals surface area (Å²) >= 11 is 0. The van der Waals surface area contributed by atoms with Crippen LogP contribution in [0.1, 0.15) is 40.0 Å². The molecule has 0 aromatic heterocycles. The fourth-order valence-corrected chi connectivity index (χ4v) is 5.68. The van der Waals surface area contributed by atoms with E-state index in [9.17, 15) is 18.0 Å². The molecule has 2 aliphatic carbocycles. The number of hydrogen-bond acceptors (Lipinski definition) is 8. The van der Waals surface area contributed by atoms with Gasteiger partial charge in [0, 0.05) is 5.92 Å². The van der Waals surface area contributed by atoms with Crippen LogP contribution in [-0.4, -0.2) is 51.2 Å². The van der Waals surface area contributed by atoms with E-state index in [0.717, 1.165) is 6.42 Å². The Hall–Kier alpha value is -1.19. The monoisotopic (exact) mass is 376 g/mol. The van der Waals surface area contributed by atoms with Gasteiger partial charge in [-0.05, 0) is 39.0 Å². The number of carbonyl (C=O) groups is 2. The zero-order valence-corrected chi connectivity index (χ0v) is 15.4. The van der Waals surface area contributed by atoms with E-state index in [1.807, 2.05) is 6.92 Å². The van der Waals surface area contributed by atoms with Crippen LogP contribution in [0.5, 0.6) is 0 Å². The molecule has 3 aliphatic rings. The first-order valence-corrected chi connectivity index (χ1v) is 9.99. The van der Waals surface area contributed by atoms with Crippen molar-refractivity contribution >= 4 is 22.1 Å². The Morgan fingerprint density at radius 1 is 1.20 bits per heavy atom. The molecule has 0 amide bonds. The second-order valence-electron chi connectivity index (χ2n) is 7.57. The van der Waals surface area contributed by atoms with Gasteiger partial charge in [-0.3, -0.25) is 8.98 Å². The van der Waals surface area contributed by atoms with Crippen molar-refractivity contribution in [3.8, 4) is 0 Å². The van der Waals surface area contributed by atoms with Crippen molar-refractivity contribution in [2.45, 2.75) is 57.5 Å². The van der Waals surface area contributed by atoms with Crippen molar-refractivity contribution in [2.75, 3.05) is 13.4 Å². The zero-order chi connectivity index (χ0) is 18.4. The van der Waals surface area contributed by atoms with E-state index in [1.165, 1.54) is 0 Å². The normalized spacial score (nSPS) is 34.9. The maximum absolute atomic E-state index is 11.9. The highest BCUT2D eigenvalue weighted by Gasteiger charge is 2.64. The first-order chi connectivity index (χ1) is 11.7. The SMILES string of the molecule is CCC(C)(C)C(=O)OCC(=O)OCOC1C2CC3C1OS(=O)(=O)C3C2. The molecule has 5 atom stereocenters. The maximum Gasteiger partial charge on any atom is 0.346 e. The van der Waals surface area contributed by atoms with Crippen molar-refractivity contribution in [1.82, 2.24) is 0 Å². The molecule has 5 unspecified atom stereocenters. The van der Waals surface area contributed by atoms with Gasteiger partial charge in [-0.1, -0.05) is 6.92 Å². The third-order valence-corrected chi connectivity index (χ3v) is 7.43. The van der Waals surface area contributed by atoms with Crippen molar-refractivity contribution in [1.29, 1.82) is 0 Å². The Bertz CT molecular complexity index is 655. The molecule has 8 nitrogen and oxygen atoms in total. The standard InChI is InChI=1S/C16H24O8S/c1-4-16(2,3)15(18)21-7-12(17)22-8-23-13-9-5-10-11(6-9)25(19,20)24-14(10)13/h9-11,13-14H,4-8H2,1-3H3. The number of hydrogen-bond donors (Lipinski definition) is 0. The Labute approximate surface area is 147 Å². The lowest BCUT2D eigenvalue weighted by Crippen LogP contribution is -2.36. The number of rotatable bonds is 7. The predicted octanol–water partition coefficient (Wildman–Crippen LogP) is 0.989. The summed E-state index contributed by atoms with van der Waals surface area (Å²) in [5, 5.41) is -0.411. The molecule has 1 saturated heterocycles. The van der Waals surface area contributed by atoms with Gasteiger partial charge in [-0.15, -0.1) is 0 Å². The second-order valence-corrected chi connectivity index (χ2v) is 9.35. The number of ether oxygens (including phenoxy) is 3. The molecule has 1 heterocycles. The smallest absolute Gasteiger partial charge is 0.346 e. The molecule has 0 radical (unpaired) electrons. The van der Waals surface area contributed by atoms with Gasteiger partial charge >= 0.3 is 11.9 Å². The minimum Gasteiger partial charge on any atom is -0.453 e. The molecule has 3 rings (SSSR count). The van der Waals surface area contributed by atoms with Crippen molar-refractivity contribution in [2.24, 2.45) is 17.3 Å². The topological polar surface area (TPSA) is 105 Å². The molecule has 142 valence electrons. The Kier molecular flexibility index (Phi) is 4.85. The molecule has 25 heavy (non-hydrogen) atoms. The van der Waals surface area contributed by atoms with Crippen molar-refractivity contribution in [3.05, 3.63) is 0 Å². The minimum absolute atomic E-state index is 0.0204. The molecular weight excluding hydrogens is 352 g/mol. The van der Waals surface area contributed by atoms with E-state index in [2.05, 4.69) is 0 Å². The third kappa shape index (κ3) is 3.41. The van der Waals surface area contributed by atoms with Gasteiger partial charge in [-0.2, -0.15) is 8.42 Å². The fraction of sp³-hybridized carbons (Fsp3) is 0.875. The van der Waals surface area contributed by atoms with Crippen LogP contribution < -0.4 is 0 Å². The summed E-state index contributed by atoms with van der Waals surface area (Å²) < 4.78 is 44.3. The molecule has 0 aromatic rings. The summed E-state index contributed by atoms with van der Waals surface area (Å²) in [6.45, 7) is 4.55. The van der Waals surface area contributed by atoms with Gasteiger partial charge in [0.15, 0.2) is 13.4 Å². The fourth-order valence-electron chi connectivity index (χ4n) is 3.80. The molecule has 0 aromatic carbocycles. The van der Waals surface area contributed by atoms with Gasteiger partial charge in [0.1, 0.15) is 6.10 Å². The first-order valence-electron chi connectivity index (χ1n) is 8.52. The average molecular weight is 376 g/mol. The summed E-state index contributed by atoms with van der Waals surface area (Å²) in [5.41, 5.74) is -0.651. The highest BCUT2D eigenvalue weighted by Crippen LogP contribution is 2.55. The summed E-state index contributed by atoms with van der Waals surface area (Å²) in [7, 11) is -3.49. The molecule has 0 spiro atoms. The van der Waals surface area contributed by atoms with Crippen LogP contribution in [0.3, 0.4) is 0 Å². The van der Waals surface area contributed by atoms with Gasteiger partial charge in [0.05, 0.1) is 16.8 Å². The van der Waals surface area contributed by atoms with E-state index in [4.69, 9.17) is 18.4 Å².